The van der Waals surface area contributed by atoms with Gasteiger partial charge in [0.25, 0.3) is 0 Å². The Balaban J connectivity index is 1.64. The maximum absolute atomic E-state index is 12.6. The van der Waals surface area contributed by atoms with Gasteiger partial charge in [-0.3, -0.25) is 9.59 Å². The molecule has 0 amide bonds. The number of H-pyrrole nitrogens is 1. The van der Waals surface area contributed by atoms with Crippen molar-refractivity contribution in [1.82, 2.24) is 4.98 Å². The van der Waals surface area contributed by atoms with Gasteiger partial charge in [-0.15, -0.1) is 0 Å². The number of aryl methyl sites for hydroxylation is 1. The molecule has 0 bridgehead atoms. The lowest BCUT2D eigenvalue weighted by atomic mass is 10.1. The first-order chi connectivity index (χ1) is 13.9. The van der Waals surface area contributed by atoms with E-state index < -0.39 is 11.9 Å². The van der Waals surface area contributed by atoms with Crippen LogP contribution in [0.5, 0.6) is 0 Å². The summed E-state index contributed by atoms with van der Waals surface area (Å²) >= 11 is 0. The van der Waals surface area contributed by atoms with Gasteiger partial charge in [-0.25, -0.2) is 4.79 Å². The molecule has 0 saturated carbocycles. The molecule has 0 aliphatic heterocycles. The quantitative estimate of drug-likeness (QED) is 0.486. The van der Waals surface area contributed by atoms with E-state index in [0.29, 0.717) is 16.8 Å². The smallest absolute Gasteiger partial charge is 0.355 e. The number of benzene rings is 2. The molecule has 1 aromatic heterocycles. The minimum absolute atomic E-state index is 0.0806. The fourth-order valence-corrected chi connectivity index (χ4v) is 3.36. The zero-order valence-electron chi connectivity index (χ0n) is 16.7. The molecule has 0 radical (unpaired) electrons. The van der Waals surface area contributed by atoms with Gasteiger partial charge in [0.15, 0.2) is 6.61 Å². The van der Waals surface area contributed by atoms with Crippen LogP contribution in [0, 0.1) is 13.8 Å². The Morgan fingerprint density at radius 1 is 0.966 bits per heavy atom. The van der Waals surface area contributed by atoms with Gasteiger partial charge in [-0.1, -0.05) is 42.5 Å². The second kappa shape index (κ2) is 8.73. The van der Waals surface area contributed by atoms with Gasteiger partial charge in [0, 0.05) is 11.3 Å². The number of fused-ring (bicyclic) bond motifs is 1. The van der Waals surface area contributed by atoms with Crippen LogP contribution in [0.25, 0.3) is 10.8 Å². The van der Waals surface area contributed by atoms with E-state index in [2.05, 4.69) is 4.98 Å². The zero-order valence-corrected chi connectivity index (χ0v) is 16.7. The van der Waals surface area contributed by atoms with Gasteiger partial charge in [0.05, 0.1) is 13.0 Å². The van der Waals surface area contributed by atoms with Gasteiger partial charge >= 0.3 is 11.9 Å². The number of esters is 2. The van der Waals surface area contributed by atoms with Gasteiger partial charge < -0.3 is 14.5 Å². The SMILES string of the molecule is CCOC(=O)c1[nH]c(C)c(C(=O)COC(=O)Cc2ccc3ccccc3c2)c1C. The van der Waals surface area contributed by atoms with Crippen molar-refractivity contribution in [2.45, 2.75) is 27.2 Å². The van der Waals surface area contributed by atoms with E-state index in [1.54, 1.807) is 20.8 Å². The van der Waals surface area contributed by atoms with Crippen molar-refractivity contribution < 1.29 is 23.9 Å². The Kier molecular flexibility index (Phi) is 6.12. The van der Waals surface area contributed by atoms with Crippen LogP contribution in [-0.4, -0.2) is 35.9 Å². The molecule has 0 saturated heterocycles. The number of hydrogen-bond donors (Lipinski definition) is 1. The number of aromatic nitrogens is 1. The number of rotatable bonds is 7. The second-order valence-corrected chi connectivity index (χ2v) is 6.79. The maximum atomic E-state index is 12.6. The van der Waals surface area contributed by atoms with Crippen molar-refractivity contribution in [2.24, 2.45) is 0 Å². The molecule has 0 aliphatic carbocycles. The molecule has 6 nitrogen and oxygen atoms in total. The van der Waals surface area contributed by atoms with Crippen molar-refractivity contribution in [2.75, 3.05) is 13.2 Å². The molecular formula is C23H23NO5. The Morgan fingerprint density at radius 2 is 1.69 bits per heavy atom. The lowest BCUT2D eigenvalue weighted by molar-refractivity contribution is -0.141. The lowest BCUT2D eigenvalue weighted by Gasteiger charge is -2.06. The van der Waals surface area contributed by atoms with E-state index in [0.717, 1.165) is 16.3 Å². The third-order valence-corrected chi connectivity index (χ3v) is 4.72. The van der Waals surface area contributed by atoms with Crippen LogP contribution in [0.15, 0.2) is 42.5 Å². The molecule has 1 heterocycles. The number of carbonyl (C=O) groups excluding carboxylic acids is 3. The standard InChI is InChI=1S/C23H23NO5/c1-4-28-23(27)22-14(2)21(15(3)24-22)19(25)13-29-20(26)12-16-9-10-17-7-5-6-8-18(17)11-16/h5-11,24H,4,12-13H2,1-3H3. The van der Waals surface area contributed by atoms with Gasteiger partial charge in [-0.2, -0.15) is 0 Å². The van der Waals surface area contributed by atoms with Crippen LogP contribution >= 0.6 is 0 Å². The monoisotopic (exact) mass is 393 g/mol. The lowest BCUT2D eigenvalue weighted by Crippen LogP contribution is -2.17. The summed E-state index contributed by atoms with van der Waals surface area (Å²) in [4.78, 5) is 39.6. The molecule has 0 fully saturated rings. The van der Waals surface area contributed by atoms with E-state index in [-0.39, 0.29) is 31.1 Å². The molecule has 0 aliphatic rings. The molecule has 3 rings (SSSR count). The van der Waals surface area contributed by atoms with E-state index >= 15 is 0 Å². The van der Waals surface area contributed by atoms with Crippen LogP contribution in [-0.2, 0) is 20.7 Å². The first kappa shape index (κ1) is 20.3. The van der Waals surface area contributed by atoms with Crippen LogP contribution in [0.3, 0.4) is 0 Å². The minimum atomic E-state index is -0.513. The van der Waals surface area contributed by atoms with E-state index in [9.17, 15) is 14.4 Å². The predicted molar refractivity (Wildman–Crippen MR) is 109 cm³/mol. The molecule has 0 unspecified atom stereocenters. The second-order valence-electron chi connectivity index (χ2n) is 6.79. The topological polar surface area (TPSA) is 85.5 Å². The number of Topliss-reactive ketones (excluding diaryl/α,β-unsaturated/α-hetero) is 1. The average molecular weight is 393 g/mol. The molecule has 0 atom stereocenters. The number of nitrogens with one attached hydrogen (secondary N) is 1. The van der Waals surface area contributed by atoms with E-state index in [1.807, 2.05) is 42.5 Å². The molecule has 2 aromatic carbocycles. The number of ether oxygens (including phenoxy) is 2. The fourth-order valence-electron chi connectivity index (χ4n) is 3.36. The Morgan fingerprint density at radius 3 is 2.41 bits per heavy atom. The normalized spacial score (nSPS) is 10.7. The highest BCUT2D eigenvalue weighted by molar-refractivity contribution is 6.03. The fraction of sp³-hybridized carbons (Fsp3) is 0.261. The van der Waals surface area contributed by atoms with E-state index in [1.165, 1.54) is 0 Å². The maximum Gasteiger partial charge on any atom is 0.355 e. The molecule has 0 spiro atoms. The van der Waals surface area contributed by atoms with Crippen molar-refractivity contribution in [3.63, 3.8) is 0 Å². The summed E-state index contributed by atoms with van der Waals surface area (Å²) in [6.07, 6.45) is 0.0806. The van der Waals surface area contributed by atoms with Crippen LogP contribution in [0.1, 0.15) is 44.6 Å². The predicted octanol–water partition coefficient (Wildman–Crippen LogP) is 3.93. The molecular weight excluding hydrogens is 370 g/mol. The van der Waals surface area contributed by atoms with Gasteiger partial charge in [0.1, 0.15) is 5.69 Å². The highest BCUT2D eigenvalue weighted by atomic mass is 16.5. The molecule has 150 valence electrons. The summed E-state index contributed by atoms with van der Waals surface area (Å²) in [5, 5.41) is 2.13. The first-order valence-corrected chi connectivity index (χ1v) is 9.43. The Labute approximate surface area is 168 Å². The summed E-state index contributed by atoms with van der Waals surface area (Å²) in [6, 6.07) is 13.6. The van der Waals surface area contributed by atoms with Crippen molar-refractivity contribution in [3.05, 3.63) is 70.5 Å². The zero-order chi connectivity index (χ0) is 21.0. The number of ketones is 1. The number of aromatic amines is 1. The van der Waals surface area contributed by atoms with Crippen LogP contribution in [0.2, 0.25) is 0 Å². The Bertz CT molecular complexity index is 1080. The summed E-state index contributed by atoms with van der Waals surface area (Å²) in [5.74, 6) is -1.36. The first-order valence-electron chi connectivity index (χ1n) is 9.43. The molecule has 6 heteroatoms. The van der Waals surface area contributed by atoms with Crippen LogP contribution < -0.4 is 0 Å². The molecule has 29 heavy (non-hydrogen) atoms. The summed E-state index contributed by atoms with van der Waals surface area (Å²) < 4.78 is 10.2. The van der Waals surface area contributed by atoms with Crippen molar-refractivity contribution >= 4 is 28.5 Å². The summed E-state index contributed by atoms with van der Waals surface area (Å²) in [7, 11) is 0. The summed E-state index contributed by atoms with van der Waals surface area (Å²) in [5.41, 5.74) is 2.46. The van der Waals surface area contributed by atoms with E-state index in [4.69, 9.17) is 9.47 Å². The number of carbonyl (C=O) groups is 3. The third-order valence-electron chi connectivity index (χ3n) is 4.72. The highest BCUT2D eigenvalue weighted by Crippen LogP contribution is 2.20. The van der Waals surface area contributed by atoms with Crippen LogP contribution in [0.4, 0.5) is 0 Å². The number of hydrogen-bond acceptors (Lipinski definition) is 5. The third kappa shape index (κ3) is 4.54. The molecule has 3 aromatic rings. The van der Waals surface area contributed by atoms with Gasteiger partial charge in [0.2, 0.25) is 5.78 Å². The molecule has 1 N–H and O–H groups in total. The minimum Gasteiger partial charge on any atom is -0.461 e. The van der Waals surface area contributed by atoms with Crippen molar-refractivity contribution in [1.29, 1.82) is 0 Å². The highest BCUT2D eigenvalue weighted by Gasteiger charge is 2.23. The summed E-state index contributed by atoms with van der Waals surface area (Å²) in [6.45, 7) is 4.93. The van der Waals surface area contributed by atoms with Gasteiger partial charge in [-0.05, 0) is 42.7 Å². The van der Waals surface area contributed by atoms with Crippen molar-refractivity contribution in [3.8, 4) is 0 Å². The Hall–Kier alpha value is -3.41. The largest absolute Gasteiger partial charge is 0.461 e. The average Bonchev–Trinajstić information content (AvgIpc) is 3.00.